The number of halogens is 2. The fraction of sp³-hybridized carbons (Fsp3) is 0.381. The van der Waals surface area contributed by atoms with Gasteiger partial charge in [0.2, 0.25) is 0 Å². The third kappa shape index (κ3) is 10.1. The molecule has 0 saturated heterocycles. The summed E-state index contributed by atoms with van der Waals surface area (Å²) < 4.78 is 26.2. The summed E-state index contributed by atoms with van der Waals surface area (Å²) in [6, 6.07) is 24.4. The van der Waals surface area contributed by atoms with Gasteiger partial charge in [-0.15, -0.1) is 0 Å². The maximum Gasteiger partial charge on any atom is 0.692 e. The monoisotopic (exact) mass is 634 g/mol. The fourth-order valence-electron chi connectivity index (χ4n) is 5.77. The van der Waals surface area contributed by atoms with Crippen molar-refractivity contribution in [1.82, 2.24) is 0 Å². The minimum Gasteiger partial charge on any atom is -0.293 e. The number of nitrogens with zero attached hydrogens (tertiary/aromatic N) is 2. The highest BCUT2D eigenvalue weighted by molar-refractivity contribution is 6.43. The van der Waals surface area contributed by atoms with Gasteiger partial charge < -0.3 is 0 Å². The Labute approximate surface area is 283 Å². The van der Waals surface area contributed by atoms with Gasteiger partial charge in [0.25, 0.3) is 0 Å². The summed E-state index contributed by atoms with van der Waals surface area (Å²) in [6.45, 7) is 25.6. The Morgan fingerprint density at radius 1 is 0.681 bits per heavy atom. The van der Waals surface area contributed by atoms with Gasteiger partial charge >= 0.3 is 7.40 Å². The first kappa shape index (κ1) is 37.6. The molecule has 1 atom stereocenters. The molecule has 0 aromatic heterocycles. The van der Waals surface area contributed by atoms with Gasteiger partial charge in [-0.1, -0.05) is 103 Å². The first-order valence-electron chi connectivity index (χ1n) is 16.5. The highest BCUT2D eigenvalue weighted by Gasteiger charge is 2.23. The predicted molar refractivity (Wildman–Crippen MR) is 204 cm³/mol. The van der Waals surface area contributed by atoms with E-state index in [-0.39, 0.29) is 16.7 Å². The van der Waals surface area contributed by atoms with E-state index in [0.29, 0.717) is 5.71 Å². The van der Waals surface area contributed by atoms with Crippen LogP contribution in [0, 0.1) is 5.92 Å². The SMILES string of the molecule is CN=C(C)/C=C(C)\C(C)=C(/c1cc(-c2ccccc2)cc(-c2cc(C(C)(C)C)cc(C(C)(C)C)c2)c1)C(C)/C(C)=C\C(C)=NB(F)F. The Bertz CT molecular complexity index is 1690. The highest BCUT2D eigenvalue weighted by Crippen LogP contribution is 2.40. The zero-order valence-corrected chi connectivity index (χ0v) is 30.8. The van der Waals surface area contributed by atoms with E-state index in [9.17, 15) is 8.63 Å². The molecule has 5 heteroatoms. The molecule has 0 N–H and O–H groups in total. The van der Waals surface area contributed by atoms with Crippen LogP contribution in [-0.4, -0.2) is 25.9 Å². The average molecular weight is 635 g/mol. The second kappa shape index (κ2) is 15.4. The molecule has 0 aliphatic heterocycles. The minimum atomic E-state index is -2.74. The molecule has 3 rings (SSSR count). The van der Waals surface area contributed by atoms with Crippen molar-refractivity contribution in [2.24, 2.45) is 15.8 Å². The molecule has 3 aromatic carbocycles. The van der Waals surface area contributed by atoms with E-state index in [4.69, 9.17) is 0 Å². The number of aliphatic imine (C=N–C) groups is 1. The van der Waals surface area contributed by atoms with Gasteiger partial charge in [0.15, 0.2) is 0 Å². The standard InChI is InChI=1S/C42H53BF2N2/c1-27(19-29(3)46-13)31(5)40(32(6)28(2)20-30(4)47-43(44)45)37-22-34(33-17-15-14-16-18-33)21-35(23-37)36-24-38(41(7,8)9)26-39(25-36)42(10,11)12/h14-26,32H,1-13H3/b27-19-,28-20-,40-31-,46-29?,47-30?. The van der Waals surface area contributed by atoms with Crippen LogP contribution in [0.15, 0.2) is 105 Å². The Kier molecular flexibility index (Phi) is 12.3. The van der Waals surface area contributed by atoms with E-state index in [2.05, 4.69) is 139 Å². The lowest BCUT2D eigenvalue weighted by Crippen LogP contribution is -2.16. The largest absolute Gasteiger partial charge is 0.692 e. The van der Waals surface area contributed by atoms with Crippen LogP contribution in [0.2, 0.25) is 0 Å². The number of benzene rings is 3. The lowest BCUT2D eigenvalue weighted by Gasteiger charge is -2.27. The third-order valence-electron chi connectivity index (χ3n) is 8.98. The van der Waals surface area contributed by atoms with Crippen molar-refractivity contribution < 1.29 is 8.63 Å². The molecular formula is C42H53BF2N2. The zero-order valence-electron chi connectivity index (χ0n) is 30.8. The number of hydrogen-bond acceptors (Lipinski definition) is 2. The van der Waals surface area contributed by atoms with Gasteiger partial charge in [0.1, 0.15) is 0 Å². The predicted octanol–water partition coefficient (Wildman–Crippen LogP) is 12.4. The molecule has 0 aliphatic carbocycles. The minimum absolute atomic E-state index is 0.0216. The third-order valence-corrected chi connectivity index (χ3v) is 8.98. The van der Waals surface area contributed by atoms with Crippen LogP contribution in [0.1, 0.15) is 99.8 Å². The van der Waals surface area contributed by atoms with Gasteiger partial charge in [-0.25, -0.2) is 0 Å². The van der Waals surface area contributed by atoms with Crippen molar-refractivity contribution >= 4 is 24.4 Å². The Morgan fingerprint density at radius 2 is 1.19 bits per heavy atom. The second-order valence-corrected chi connectivity index (χ2v) is 14.9. The lowest BCUT2D eigenvalue weighted by molar-refractivity contribution is 0.569. The zero-order chi connectivity index (χ0) is 35.3. The molecule has 0 amide bonds. The van der Waals surface area contributed by atoms with Crippen molar-refractivity contribution in [3.63, 3.8) is 0 Å². The molecule has 0 saturated carbocycles. The Hall–Kier alpha value is -3.86. The summed E-state index contributed by atoms with van der Waals surface area (Å²) in [5, 5.41) is 0. The van der Waals surface area contributed by atoms with Crippen molar-refractivity contribution in [1.29, 1.82) is 0 Å². The van der Waals surface area contributed by atoms with Crippen LogP contribution in [0.4, 0.5) is 8.63 Å². The molecule has 0 aliphatic rings. The van der Waals surface area contributed by atoms with Crippen molar-refractivity contribution in [2.45, 2.75) is 93.9 Å². The van der Waals surface area contributed by atoms with Gasteiger partial charge in [-0.3, -0.25) is 18.5 Å². The van der Waals surface area contributed by atoms with Crippen LogP contribution in [0.5, 0.6) is 0 Å². The molecule has 3 aromatic rings. The first-order chi connectivity index (χ1) is 21.8. The van der Waals surface area contributed by atoms with Crippen molar-refractivity contribution in [3.8, 4) is 22.3 Å². The highest BCUT2D eigenvalue weighted by atomic mass is 19.2. The second-order valence-electron chi connectivity index (χ2n) is 14.9. The summed E-state index contributed by atoms with van der Waals surface area (Å²) >= 11 is 0. The molecule has 0 spiro atoms. The Balaban J connectivity index is 2.48. The summed E-state index contributed by atoms with van der Waals surface area (Å²) in [7, 11) is -0.938. The van der Waals surface area contributed by atoms with E-state index in [1.165, 1.54) is 16.7 Å². The van der Waals surface area contributed by atoms with E-state index in [1.54, 1.807) is 20.0 Å². The van der Waals surface area contributed by atoms with E-state index in [0.717, 1.165) is 50.3 Å². The quantitative estimate of drug-likeness (QED) is 0.127. The van der Waals surface area contributed by atoms with Crippen LogP contribution in [0.25, 0.3) is 27.8 Å². The van der Waals surface area contributed by atoms with Crippen LogP contribution < -0.4 is 0 Å². The normalized spacial score (nSPS) is 15.0. The van der Waals surface area contributed by atoms with E-state index < -0.39 is 7.40 Å². The maximum absolute atomic E-state index is 13.1. The maximum atomic E-state index is 13.1. The molecule has 1 unspecified atom stereocenters. The van der Waals surface area contributed by atoms with Crippen LogP contribution in [0.3, 0.4) is 0 Å². The number of hydrogen-bond donors (Lipinski definition) is 0. The summed E-state index contributed by atoms with van der Waals surface area (Å²) in [6.07, 6.45) is 3.89. The molecular weight excluding hydrogens is 581 g/mol. The summed E-state index contributed by atoms with van der Waals surface area (Å²) in [4.78, 5) is 7.86. The average Bonchev–Trinajstić information content (AvgIpc) is 2.99. The topological polar surface area (TPSA) is 24.7 Å². The van der Waals surface area contributed by atoms with Gasteiger partial charge in [0, 0.05) is 24.4 Å². The number of rotatable bonds is 9. The fourth-order valence-corrected chi connectivity index (χ4v) is 5.77. The van der Waals surface area contributed by atoms with Crippen molar-refractivity contribution in [3.05, 3.63) is 112 Å². The molecule has 0 bridgehead atoms. The molecule has 248 valence electrons. The van der Waals surface area contributed by atoms with Crippen LogP contribution in [-0.2, 0) is 10.8 Å². The molecule has 0 radical (unpaired) electrons. The lowest BCUT2D eigenvalue weighted by atomic mass is 9.78. The van der Waals surface area contributed by atoms with Gasteiger partial charge in [-0.2, -0.15) is 0 Å². The summed E-state index contributed by atoms with van der Waals surface area (Å²) in [5.41, 5.74) is 13.8. The molecule has 2 nitrogen and oxygen atoms in total. The Morgan fingerprint density at radius 3 is 1.68 bits per heavy atom. The molecule has 47 heavy (non-hydrogen) atoms. The first-order valence-corrected chi connectivity index (χ1v) is 16.5. The summed E-state index contributed by atoms with van der Waals surface area (Å²) in [5.74, 6) is -0.0787. The number of allylic oxidation sites excluding steroid dienone is 6. The van der Waals surface area contributed by atoms with Crippen molar-refractivity contribution in [2.75, 3.05) is 7.05 Å². The van der Waals surface area contributed by atoms with Gasteiger partial charge in [-0.05, 0) is 131 Å². The molecule has 0 heterocycles. The van der Waals surface area contributed by atoms with E-state index in [1.807, 2.05) is 19.9 Å². The van der Waals surface area contributed by atoms with E-state index >= 15 is 0 Å². The molecule has 0 fully saturated rings. The van der Waals surface area contributed by atoms with Gasteiger partial charge in [0.05, 0.1) is 0 Å². The smallest absolute Gasteiger partial charge is 0.293 e. The van der Waals surface area contributed by atoms with Crippen LogP contribution >= 0.6 is 0 Å².